The zero-order valence-electron chi connectivity index (χ0n) is 13.9. The van der Waals surface area contributed by atoms with Crippen LogP contribution in [0.15, 0.2) is 24.3 Å². The molecule has 0 unspecified atom stereocenters. The van der Waals surface area contributed by atoms with Crippen molar-refractivity contribution in [2.45, 2.75) is 30.7 Å². The van der Waals surface area contributed by atoms with Crippen LogP contribution in [0.4, 0.5) is 0 Å². The molecule has 1 aromatic carbocycles. The van der Waals surface area contributed by atoms with Crippen LogP contribution < -0.4 is 14.8 Å². The van der Waals surface area contributed by atoms with Crippen molar-refractivity contribution in [3.05, 3.63) is 24.3 Å². The quantitative estimate of drug-likeness (QED) is 0.790. The molecule has 2 aliphatic heterocycles. The number of ether oxygens (including phenoxy) is 2. The van der Waals surface area contributed by atoms with Gasteiger partial charge in [-0.3, -0.25) is 9.59 Å². The summed E-state index contributed by atoms with van der Waals surface area (Å²) in [7, 11) is 1.61. The van der Waals surface area contributed by atoms with E-state index in [4.69, 9.17) is 9.47 Å². The Morgan fingerprint density at radius 3 is 2.79 bits per heavy atom. The van der Waals surface area contributed by atoms with E-state index in [1.165, 1.54) is 0 Å². The molecule has 7 heteroatoms. The highest BCUT2D eigenvalue weighted by molar-refractivity contribution is 8.01. The van der Waals surface area contributed by atoms with Gasteiger partial charge in [0.15, 0.2) is 0 Å². The predicted molar refractivity (Wildman–Crippen MR) is 92.2 cm³/mol. The molecule has 24 heavy (non-hydrogen) atoms. The second-order valence-electron chi connectivity index (χ2n) is 6.08. The minimum absolute atomic E-state index is 0.0807. The van der Waals surface area contributed by atoms with Gasteiger partial charge in [0.2, 0.25) is 11.8 Å². The van der Waals surface area contributed by atoms with Gasteiger partial charge >= 0.3 is 0 Å². The minimum atomic E-state index is -0.365. The molecule has 0 spiro atoms. The van der Waals surface area contributed by atoms with Gasteiger partial charge < -0.3 is 19.7 Å². The SMILES string of the molecule is COc1ccc(OCCNC(=O)[C@H]2CS[C@]3(C)CCC(=O)N23)cc1. The second-order valence-corrected chi connectivity index (χ2v) is 7.58. The fourth-order valence-corrected chi connectivity index (χ4v) is 4.58. The van der Waals surface area contributed by atoms with Gasteiger partial charge in [-0.05, 0) is 37.6 Å². The standard InChI is InChI=1S/C17H22N2O4S/c1-17-8-7-15(20)19(17)14(11-24-17)16(21)18-9-10-23-13-5-3-12(22-2)4-6-13/h3-6,14H,7-11H2,1-2H3,(H,18,21)/t14-,17-/m1/s1. The zero-order valence-corrected chi connectivity index (χ0v) is 14.7. The number of benzene rings is 1. The van der Waals surface area contributed by atoms with Gasteiger partial charge in [-0.25, -0.2) is 0 Å². The fourth-order valence-electron chi connectivity index (χ4n) is 3.15. The maximum absolute atomic E-state index is 12.4. The molecule has 1 N–H and O–H groups in total. The van der Waals surface area contributed by atoms with E-state index in [2.05, 4.69) is 5.32 Å². The van der Waals surface area contributed by atoms with Crippen molar-refractivity contribution in [1.82, 2.24) is 10.2 Å². The van der Waals surface area contributed by atoms with E-state index in [1.807, 2.05) is 31.2 Å². The normalized spacial score (nSPS) is 25.5. The van der Waals surface area contributed by atoms with Crippen molar-refractivity contribution in [2.75, 3.05) is 26.0 Å². The summed E-state index contributed by atoms with van der Waals surface area (Å²) in [4.78, 5) is 26.0. The first-order valence-corrected chi connectivity index (χ1v) is 9.03. The average Bonchev–Trinajstić information content (AvgIpc) is 3.08. The summed E-state index contributed by atoms with van der Waals surface area (Å²) in [5, 5.41) is 2.87. The molecule has 0 saturated carbocycles. The maximum atomic E-state index is 12.4. The lowest BCUT2D eigenvalue weighted by atomic mass is 10.2. The number of carbonyl (C=O) groups is 2. The van der Waals surface area contributed by atoms with Crippen LogP contribution in [0, 0.1) is 0 Å². The number of methoxy groups -OCH3 is 1. The molecular weight excluding hydrogens is 328 g/mol. The van der Waals surface area contributed by atoms with E-state index in [9.17, 15) is 9.59 Å². The average molecular weight is 350 g/mol. The molecule has 0 radical (unpaired) electrons. The summed E-state index contributed by atoms with van der Waals surface area (Å²) in [5.41, 5.74) is 0. The van der Waals surface area contributed by atoms with Crippen LogP contribution in [0.1, 0.15) is 19.8 Å². The molecule has 2 fully saturated rings. The first-order chi connectivity index (χ1) is 11.5. The largest absolute Gasteiger partial charge is 0.497 e. The number of nitrogens with one attached hydrogen (secondary N) is 1. The summed E-state index contributed by atoms with van der Waals surface area (Å²) >= 11 is 1.70. The van der Waals surface area contributed by atoms with Gasteiger partial charge in [0.25, 0.3) is 0 Å². The van der Waals surface area contributed by atoms with Crippen molar-refractivity contribution in [3.63, 3.8) is 0 Å². The van der Waals surface area contributed by atoms with E-state index in [0.717, 1.165) is 17.9 Å². The maximum Gasteiger partial charge on any atom is 0.243 e. The molecule has 3 rings (SSSR count). The van der Waals surface area contributed by atoms with Gasteiger partial charge in [0.1, 0.15) is 24.1 Å². The lowest BCUT2D eigenvalue weighted by Crippen LogP contribution is -2.50. The van der Waals surface area contributed by atoms with Crippen LogP contribution >= 0.6 is 11.8 Å². The van der Waals surface area contributed by atoms with Gasteiger partial charge in [0, 0.05) is 12.2 Å². The number of fused-ring (bicyclic) bond motifs is 1. The molecule has 2 amide bonds. The number of hydrogen-bond acceptors (Lipinski definition) is 5. The predicted octanol–water partition coefficient (Wildman–Crippen LogP) is 1.64. The Morgan fingerprint density at radius 1 is 1.38 bits per heavy atom. The number of hydrogen-bond donors (Lipinski definition) is 1. The fraction of sp³-hybridized carbons (Fsp3) is 0.529. The molecule has 0 bridgehead atoms. The Morgan fingerprint density at radius 2 is 2.08 bits per heavy atom. The third kappa shape index (κ3) is 3.31. The van der Waals surface area contributed by atoms with Crippen LogP contribution in [0.5, 0.6) is 11.5 Å². The third-order valence-corrected chi connectivity index (χ3v) is 5.98. The van der Waals surface area contributed by atoms with Crippen LogP contribution in [-0.4, -0.2) is 53.6 Å². The number of amides is 2. The number of rotatable bonds is 6. The molecule has 0 aromatic heterocycles. The van der Waals surface area contributed by atoms with Crippen molar-refractivity contribution < 1.29 is 19.1 Å². The summed E-state index contributed by atoms with van der Waals surface area (Å²) in [6, 6.07) is 6.93. The van der Waals surface area contributed by atoms with E-state index in [0.29, 0.717) is 25.3 Å². The first-order valence-electron chi connectivity index (χ1n) is 8.04. The van der Waals surface area contributed by atoms with Gasteiger partial charge in [-0.1, -0.05) is 0 Å². The van der Waals surface area contributed by atoms with E-state index < -0.39 is 0 Å². The lowest BCUT2D eigenvalue weighted by Gasteiger charge is -2.29. The molecule has 2 aliphatic rings. The van der Waals surface area contributed by atoms with Crippen molar-refractivity contribution in [1.29, 1.82) is 0 Å². The molecule has 2 saturated heterocycles. The Labute approximate surface area is 145 Å². The van der Waals surface area contributed by atoms with Crippen LogP contribution in [-0.2, 0) is 9.59 Å². The zero-order chi connectivity index (χ0) is 17.2. The van der Waals surface area contributed by atoms with Crippen molar-refractivity contribution >= 4 is 23.6 Å². The first kappa shape index (κ1) is 17.0. The third-order valence-electron chi connectivity index (χ3n) is 4.48. The number of carbonyl (C=O) groups excluding carboxylic acids is 2. The van der Waals surface area contributed by atoms with Crippen molar-refractivity contribution in [2.24, 2.45) is 0 Å². The summed E-state index contributed by atoms with van der Waals surface area (Å²) in [6.07, 6.45) is 1.36. The highest BCUT2D eigenvalue weighted by atomic mass is 32.2. The topological polar surface area (TPSA) is 67.9 Å². The second kappa shape index (κ2) is 6.93. The Bertz CT molecular complexity index is 622. The smallest absolute Gasteiger partial charge is 0.243 e. The van der Waals surface area contributed by atoms with Gasteiger partial charge in [-0.15, -0.1) is 11.8 Å². The minimum Gasteiger partial charge on any atom is -0.497 e. The Hall–Kier alpha value is -1.89. The summed E-state index contributed by atoms with van der Waals surface area (Å²) in [6.45, 7) is 2.83. The molecule has 2 atom stereocenters. The summed E-state index contributed by atoms with van der Waals surface area (Å²) < 4.78 is 10.7. The van der Waals surface area contributed by atoms with Crippen LogP contribution in [0.3, 0.4) is 0 Å². The molecule has 2 heterocycles. The molecule has 6 nitrogen and oxygen atoms in total. The highest BCUT2D eigenvalue weighted by Crippen LogP contribution is 2.47. The van der Waals surface area contributed by atoms with E-state index in [1.54, 1.807) is 23.8 Å². The lowest BCUT2D eigenvalue weighted by molar-refractivity contribution is -0.137. The molecular formula is C17H22N2O4S. The van der Waals surface area contributed by atoms with Gasteiger partial charge in [0.05, 0.1) is 18.5 Å². The van der Waals surface area contributed by atoms with Crippen LogP contribution in [0.25, 0.3) is 0 Å². The molecule has 0 aliphatic carbocycles. The monoisotopic (exact) mass is 350 g/mol. The number of nitrogens with zero attached hydrogens (tertiary/aromatic N) is 1. The Kier molecular flexibility index (Phi) is 4.89. The highest BCUT2D eigenvalue weighted by Gasteiger charge is 2.52. The van der Waals surface area contributed by atoms with Crippen molar-refractivity contribution in [3.8, 4) is 11.5 Å². The molecule has 130 valence electrons. The van der Waals surface area contributed by atoms with Gasteiger partial charge in [-0.2, -0.15) is 0 Å². The van der Waals surface area contributed by atoms with Crippen LogP contribution in [0.2, 0.25) is 0 Å². The molecule has 1 aromatic rings. The summed E-state index contributed by atoms with van der Waals surface area (Å²) in [5.74, 6) is 2.14. The van der Waals surface area contributed by atoms with E-state index in [-0.39, 0.29) is 22.7 Å². The van der Waals surface area contributed by atoms with E-state index >= 15 is 0 Å². The number of thioether (sulfide) groups is 1. The Balaban J connectivity index is 1.45.